The number of hydrogen-bond donors (Lipinski definition) is 1. The van der Waals surface area contributed by atoms with Gasteiger partial charge in [-0.3, -0.25) is 0 Å². The summed E-state index contributed by atoms with van der Waals surface area (Å²) in [6.45, 7) is 13.5. The van der Waals surface area contributed by atoms with Gasteiger partial charge in [0.1, 0.15) is 16.9 Å². The highest BCUT2D eigenvalue weighted by molar-refractivity contribution is 6.34. The van der Waals surface area contributed by atoms with Gasteiger partial charge in [-0.2, -0.15) is 4.98 Å². The summed E-state index contributed by atoms with van der Waals surface area (Å²) in [4.78, 5) is 29.8. The summed E-state index contributed by atoms with van der Waals surface area (Å²) in [5, 5.41) is 4.64. The van der Waals surface area contributed by atoms with E-state index in [1.807, 2.05) is 40.7 Å². The van der Waals surface area contributed by atoms with Crippen molar-refractivity contribution in [2.24, 2.45) is 0 Å². The zero-order valence-electron chi connectivity index (χ0n) is 19.5. The van der Waals surface area contributed by atoms with Crippen LogP contribution in [0, 0.1) is 0 Å². The number of anilines is 2. The van der Waals surface area contributed by atoms with Crippen LogP contribution in [0.2, 0.25) is 5.15 Å². The fraction of sp³-hybridized carbons (Fsp3) is 0.636. The summed E-state index contributed by atoms with van der Waals surface area (Å²) in [6.07, 6.45) is 2.16. The highest BCUT2D eigenvalue weighted by Gasteiger charge is 2.30. The van der Waals surface area contributed by atoms with Crippen molar-refractivity contribution in [3.63, 3.8) is 0 Å². The monoisotopic (exact) mass is 464 g/mol. The van der Waals surface area contributed by atoms with Crippen molar-refractivity contribution >= 4 is 40.4 Å². The molecule has 0 spiro atoms. The number of amides is 1. The first-order chi connectivity index (χ1) is 15.3. The van der Waals surface area contributed by atoms with Crippen LogP contribution in [0.25, 0.3) is 10.9 Å². The molecule has 176 valence electrons. The van der Waals surface area contributed by atoms with Gasteiger partial charge in [0, 0.05) is 43.8 Å². The predicted molar refractivity (Wildman–Crippen MR) is 127 cm³/mol. The lowest BCUT2D eigenvalue weighted by molar-refractivity contribution is 0.0293. The van der Waals surface area contributed by atoms with Crippen molar-refractivity contribution in [2.45, 2.75) is 52.7 Å². The predicted octanol–water partition coefficient (Wildman–Crippen LogP) is 3.96. The van der Waals surface area contributed by atoms with Crippen LogP contribution in [0.5, 0.6) is 0 Å². The third kappa shape index (κ3) is 5.89. The first-order valence-corrected chi connectivity index (χ1v) is 11.6. The van der Waals surface area contributed by atoms with Gasteiger partial charge in [-0.15, -0.1) is 0 Å². The molecule has 4 heterocycles. The van der Waals surface area contributed by atoms with Gasteiger partial charge in [0.15, 0.2) is 5.15 Å². The number of aromatic nitrogens is 3. The van der Waals surface area contributed by atoms with E-state index in [0.29, 0.717) is 48.7 Å². The lowest BCUT2D eigenvalue weighted by Crippen LogP contribution is -2.38. The van der Waals surface area contributed by atoms with Crippen LogP contribution >= 0.6 is 11.6 Å². The van der Waals surface area contributed by atoms with E-state index < -0.39 is 5.60 Å². The van der Waals surface area contributed by atoms with E-state index in [4.69, 9.17) is 26.1 Å². The number of carbonyl (C=O) groups is 1. The zero-order chi connectivity index (χ0) is 23.3. The average molecular weight is 465 g/mol. The second-order valence-corrected chi connectivity index (χ2v) is 8.88. The molecule has 1 unspecified atom stereocenters. The largest absolute Gasteiger partial charge is 0.444 e. The lowest BCUT2D eigenvalue weighted by Gasteiger charge is -2.28. The van der Waals surface area contributed by atoms with Crippen molar-refractivity contribution in [1.29, 1.82) is 0 Å². The minimum absolute atomic E-state index is 0.0556. The van der Waals surface area contributed by atoms with Crippen molar-refractivity contribution in [3.05, 3.63) is 17.4 Å². The molecule has 2 aliphatic heterocycles. The van der Waals surface area contributed by atoms with Crippen molar-refractivity contribution in [2.75, 3.05) is 49.6 Å². The number of fused-ring (bicyclic) bond motifs is 1. The van der Waals surface area contributed by atoms with Gasteiger partial charge in [0.2, 0.25) is 5.95 Å². The highest BCUT2D eigenvalue weighted by Crippen LogP contribution is 2.29. The Kier molecular flexibility index (Phi) is 7.95. The second kappa shape index (κ2) is 10.5. The van der Waals surface area contributed by atoms with Gasteiger partial charge >= 0.3 is 6.09 Å². The van der Waals surface area contributed by atoms with Gasteiger partial charge in [0.05, 0.1) is 13.2 Å². The molecular formula is C22H33ClN6O3. The van der Waals surface area contributed by atoms with Crippen molar-refractivity contribution < 1.29 is 14.3 Å². The second-order valence-electron chi connectivity index (χ2n) is 8.53. The van der Waals surface area contributed by atoms with E-state index in [2.05, 4.69) is 20.2 Å². The van der Waals surface area contributed by atoms with E-state index >= 15 is 0 Å². The molecule has 0 aromatic carbocycles. The average Bonchev–Trinajstić information content (AvgIpc) is 3.24. The number of likely N-dealkylation sites (tertiary alicyclic amines) is 1. The number of morpholine rings is 1. The molecule has 2 saturated heterocycles. The Bertz CT molecular complexity index is 930. The summed E-state index contributed by atoms with van der Waals surface area (Å²) in [5.74, 6) is 1.30. The van der Waals surface area contributed by atoms with Crippen molar-refractivity contribution in [1.82, 2.24) is 19.9 Å². The minimum atomic E-state index is -0.512. The molecule has 0 saturated carbocycles. The highest BCUT2D eigenvalue weighted by atomic mass is 35.5. The molecule has 10 heteroatoms. The Morgan fingerprint density at radius 3 is 2.62 bits per heavy atom. The molecule has 1 N–H and O–H groups in total. The third-order valence-corrected chi connectivity index (χ3v) is 5.31. The number of carbonyl (C=O) groups excluding carboxylic acids is 1. The molecule has 4 rings (SSSR count). The summed E-state index contributed by atoms with van der Waals surface area (Å²) in [5.41, 5.74) is 0.0996. The summed E-state index contributed by atoms with van der Waals surface area (Å²) in [7, 11) is 0. The topological polar surface area (TPSA) is 92.7 Å². The van der Waals surface area contributed by atoms with Gasteiger partial charge in [0.25, 0.3) is 0 Å². The van der Waals surface area contributed by atoms with Crippen LogP contribution < -0.4 is 10.2 Å². The molecule has 2 fully saturated rings. The maximum absolute atomic E-state index is 12.4. The molecule has 2 aromatic heterocycles. The molecule has 1 atom stereocenters. The maximum atomic E-state index is 12.4. The fourth-order valence-electron chi connectivity index (χ4n) is 3.59. The Hall–Kier alpha value is -2.39. The summed E-state index contributed by atoms with van der Waals surface area (Å²) < 4.78 is 10.9. The number of halogens is 1. The number of pyridine rings is 1. The Labute approximate surface area is 194 Å². The SMILES string of the molecule is CC.CC(C)(C)OC(=O)N1CCC(Nc2nc(N3CCOCC3)nc3c(Cl)nccc23)C1. The molecule has 0 bridgehead atoms. The molecular weight excluding hydrogens is 432 g/mol. The van der Waals surface area contributed by atoms with E-state index in [0.717, 1.165) is 24.9 Å². The van der Waals surface area contributed by atoms with Crippen LogP contribution in [0.1, 0.15) is 41.0 Å². The maximum Gasteiger partial charge on any atom is 0.410 e. The minimum Gasteiger partial charge on any atom is -0.444 e. The fourth-order valence-corrected chi connectivity index (χ4v) is 3.79. The Morgan fingerprint density at radius 2 is 1.94 bits per heavy atom. The van der Waals surface area contributed by atoms with E-state index in [9.17, 15) is 4.79 Å². The van der Waals surface area contributed by atoms with Gasteiger partial charge < -0.3 is 24.6 Å². The number of rotatable bonds is 3. The lowest BCUT2D eigenvalue weighted by atomic mass is 10.2. The molecule has 2 aromatic rings. The first-order valence-electron chi connectivity index (χ1n) is 11.2. The molecule has 0 radical (unpaired) electrons. The standard InChI is InChI=1S/C20H27ClN6O3.C2H6/c1-20(2,3)30-19(28)27-7-5-13(12-27)23-17-14-4-6-22-16(21)15(14)24-18(25-17)26-8-10-29-11-9-26;1-2/h4,6,13H,5,7-12H2,1-3H3,(H,23,24,25);1-2H3. The smallest absolute Gasteiger partial charge is 0.410 e. The van der Waals surface area contributed by atoms with Crippen LogP contribution in [-0.2, 0) is 9.47 Å². The normalized spacial score (nSPS) is 18.9. The van der Waals surface area contributed by atoms with E-state index in [-0.39, 0.29) is 12.1 Å². The summed E-state index contributed by atoms with van der Waals surface area (Å²) in [6, 6.07) is 1.91. The van der Waals surface area contributed by atoms with Crippen LogP contribution in [-0.4, -0.2) is 77.0 Å². The summed E-state index contributed by atoms with van der Waals surface area (Å²) >= 11 is 6.34. The number of hydrogen-bond acceptors (Lipinski definition) is 8. The number of nitrogens with one attached hydrogen (secondary N) is 1. The van der Waals surface area contributed by atoms with Gasteiger partial charge in [-0.25, -0.2) is 14.8 Å². The first kappa shape index (κ1) is 24.3. The third-order valence-electron chi connectivity index (χ3n) is 5.03. The molecule has 32 heavy (non-hydrogen) atoms. The molecule has 0 aliphatic carbocycles. The number of nitrogens with zero attached hydrogens (tertiary/aromatic N) is 5. The van der Waals surface area contributed by atoms with Crippen LogP contribution in [0.15, 0.2) is 12.3 Å². The van der Waals surface area contributed by atoms with Crippen LogP contribution in [0.4, 0.5) is 16.6 Å². The molecule has 9 nitrogen and oxygen atoms in total. The van der Waals surface area contributed by atoms with E-state index in [1.165, 1.54) is 0 Å². The molecule has 1 amide bonds. The van der Waals surface area contributed by atoms with Gasteiger partial charge in [-0.05, 0) is 33.3 Å². The number of ether oxygens (including phenoxy) is 2. The van der Waals surface area contributed by atoms with E-state index in [1.54, 1.807) is 11.1 Å². The van der Waals surface area contributed by atoms with Gasteiger partial charge in [-0.1, -0.05) is 25.4 Å². The Morgan fingerprint density at radius 1 is 1.22 bits per heavy atom. The van der Waals surface area contributed by atoms with Crippen LogP contribution in [0.3, 0.4) is 0 Å². The Balaban J connectivity index is 0.00000141. The molecule has 2 aliphatic rings. The zero-order valence-corrected chi connectivity index (χ0v) is 20.3. The quantitative estimate of drug-likeness (QED) is 0.682. The van der Waals surface area contributed by atoms with Crippen molar-refractivity contribution in [3.8, 4) is 0 Å².